The molecule has 0 fully saturated rings. The van der Waals surface area contributed by atoms with E-state index in [0.717, 1.165) is 6.07 Å². The Morgan fingerprint density at radius 1 is 1.07 bits per heavy atom. The number of carbonyl (C=O) groups excluding carboxylic acids is 2. The van der Waals surface area contributed by atoms with Crippen LogP contribution in [0.5, 0.6) is 17.2 Å². The van der Waals surface area contributed by atoms with E-state index in [1.165, 1.54) is 19.2 Å². The largest absolute Gasteiger partial charge is 0.494 e. The average molecular weight is 395 g/mol. The van der Waals surface area contributed by atoms with E-state index in [2.05, 4.69) is 10.1 Å². The molecule has 1 amide bonds. The van der Waals surface area contributed by atoms with E-state index in [4.69, 9.17) is 14.2 Å². The maximum Gasteiger partial charge on any atom is 0.387 e. The number of ether oxygens (including phenoxy) is 4. The summed E-state index contributed by atoms with van der Waals surface area (Å²) in [5.41, 5.74) is 0.534. The van der Waals surface area contributed by atoms with Gasteiger partial charge >= 0.3 is 12.6 Å². The predicted octanol–water partition coefficient (Wildman–Crippen LogP) is 3.49. The highest BCUT2D eigenvalue weighted by molar-refractivity contribution is 5.95. The number of alkyl halides is 2. The summed E-state index contributed by atoms with van der Waals surface area (Å²) < 4.78 is 44.1. The summed E-state index contributed by atoms with van der Waals surface area (Å²) in [4.78, 5) is 24.0. The number of hydrogen-bond acceptors (Lipinski definition) is 6. The molecule has 2 aromatic carbocycles. The summed E-state index contributed by atoms with van der Waals surface area (Å²) in [5.74, 6) is -0.970. The molecule has 150 valence electrons. The van der Waals surface area contributed by atoms with Crippen LogP contribution in [-0.4, -0.2) is 38.8 Å². The van der Waals surface area contributed by atoms with Crippen molar-refractivity contribution in [1.82, 2.24) is 0 Å². The Kier molecular flexibility index (Phi) is 7.55. The van der Waals surface area contributed by atoms with Crippen molar-refractivity contribution in [3.8, 4) is 17.2 Å². The van der Waals surface area contributed by atoms with Crippen molar-refractivity contribution in [2.24, 2.45) is 0 Å². The van der Waals surface area contributed by atoms with Gasteiger partial charge in [0.25, 0.3) is 5.91 Å². The Morgan fingerprint density at radius 2 is 1.79 bits per heavy atom. The Hall–Kier alpha value is -3.36. The molecular formula is C19H19F2NO6. The number of rotatable bonds is 9. The van der Waals surface area contributed by atoms with E-state index in [-0.39, 0.29) is 17.1 Å². The number of amides is 1. The van der Waals surface area contributed by atoms with Gasteiger partial charge in [0.1, 0.15) is 5.75 Å². The molecule has 1 N–H and O–H groups in total. The van der Waals surface area contributed by atoms with E-state index in [0.29, 0.717) is 18.0 Å². The molecule has 0 aliphatic rings. The minimum atomic E-state index is -3.03. The van der Waals surface area contributed by atoms with Gasteiger partial charge in [0.05, 0.1) is 19.3 Å². The summed E-state index contributed by atoms with van der Waals surface area (Å²) in [6.45, 7) is -1.16. The van der Waals surface area contributed by atoms with Crippen LogP contribution in [0.4, 0.5) is 14.5 Å². The fourth-order valence-electron chi connectivity index (χ4n) is 2.20. The molecular weight excluding hydrogens is 376 g/mol. The van der Waals surface area contributed by atoms with Crippen molar-refractivity contribution in [3.05, 3.63) is 48.0 Å². The molecule has 0 heterocycles. The molecule has 0 unspecified atom stereocenters. The Bertz CT molecular complexity index is 811. The topological polar surface area (TPSA) is 83.1 Å². The highest BCUT2D eigenvalue weighted by Crippen LogP contribution is 2.29. The van der Waals surface area contributed by atoms with Crippen molar-refractivity contribution in [3.63, 3.8) is 0 Å². The SMILES string of the molecule is CCOc1ccc(NC(=O)COC(=O)c2ccc(OC(F)F)c(OC)c2)cc1. The van der Waals surface area contributed by atoms with Gasteiger partial charge in [-0.25, -0.2) is 4.79 Å². The third kappa shape index (κ3) is 6.11. The third-order valence-corrected chi connectivity index (χ3v) is 3.40. The van der Waals surface area contributed by atoms with E-state index in [1.807, 2.05) is 6.92 Å². The number of nitrogens with one attached hydrogen (secondary N) is 1. The first kappa shape index (κ1) is 20.9. The highest BCUT2D eigenvalue weighted by atomic mass is 19.3. The molecule has 0 aliphatic carbocycles. The van der Waals surface area contributed by atoms with Crippen molar-refractivity contribution in [2.75, 3.05) is 25.6 Å². The first-order chi connectivity index (χ1) is 13.4. The van der Waals surface area contributed by atoms with Crippen LogP contribution in [0, 0.1) is 0 Å². The molecule has 2 rings (SSSR count). The summed E-state index contributed by atoms with van der Waals surface area (Å²) in [6.07, 6.45) is 0. The lowest BCUT2D eigenvalue weighted by Gasteiger charge is -2.11. The van der Waals surface area contributed by atoms with Gasteiger partial charge in [0.2, 0.25) is 0 Å². The van der Waals surface area contributed by atoms with Gasteiger partial charge < -0.3 is 24.3 Å². The molecule has 0 aromatic heterocycles. The zero-order valence-electron chi connectivity index (χ0n) is 15.2. The van der Waals surface area contributed by atoms with Gasteiger partial charge in [0, 0.05) is 5.69 Å². The highest BCUT2D eigenvalue weighted by Gasteiger charge is 2.16. The molecule has 28 heavy (non-hydrogen) atoms. The zero-order chi connectivity index (χ0) is 20.5. The summed E-state index contributed by atoms with van der Waals surface area (Å²) in [5, 5.41) is 2.57. The molecule has 0 saturated carbocycles. The van der Waals surface area contributed by atoms with Crippen molar-refractivity contribution in [2.45, 2.75) is 13.5 Å². The summed E-state index contributed by atoms with van der Waals surface area (Å²) in [7, 11) is 1.24. The van der Waals surface area contributed by atoms with E-state index >= 15 is 0 Å². The van der Waals surface area contributed by atoms with Crippen LogP contribution >= 0.6 is 0 Å². The van der Waals surface area contributed by atoms with E-state index in [9.17, 15) is 18.4 Å². The monoisotopic (exact) mass is 395 g/mol. The maximum absolute atomic E-state index is 12.3. The van der Waals surface area contributed by atoms with Crippen molar-refractivity contribution >= 4 is 17.6 Å². The molecule has 0 spiro atoms. The third-order valence-electron chi connectivity index (χ3n) is 3.40. The van der Waals surface area contributed by atoms with Gasteiger partial charge in [-0.3, -0.25) is 4.79 Å². The van der Waals surface area contributed by atoms with Gasteiger partial charge in [-0.1, -0.05) is 0 Å². The first-order valence-electron chi connectivity index (χ1n) is 8.25. The maximum atomic E-state index is 12.3. The summed E-state index contributed by atoms with van der Waals surface area (Å²) in [6, 6.07) is 10.3. The zero-order valence-corrected chi connectivity index (χ0v) is 15.2. The van der Waals surface area contributed by atoms with E-state index in [1.54, 1.807) is 24.3 Å². The van der Waals surface area contributed by atoms with Crippen molar-refractivity contribution < 1.29 is 37.3 Å². The second kappa shape index (κ2) is 10.1. The van der Waals surface area contributed by atoms with Crippen LogP contribution in [0.25, 0.3) is 0 Å². The van der Waals surface area contributed by atoms with Gasteiger partial charge in [0.15, 0.2) is 18.1 Å². The minimum absolute atomic E-state index is 0.0207. The molecule has 0 atom stereocenters. The molecule has 2 aromatic rings. The van der Waals surface area contributed by atoms with Crippen LogP contribution in [0.1, 0.15) is 17.3 Å². The van der Waals surface area contributed by atoms with Gasteiger partial charge in [-0.15, -0.1) is 0 Å². The normalized spacial score (nSPS) is 10.3. The second-order valence-corrected chi connectivity index (χ2v) is 5.33. The number of hydrogen-bond donors (Lipinski definition) is 1. The van der Waals surface area contributed by atoms with Gasteiger partial charge in [-0.05, 0) is 49.4 Å². The minimum Gasteiger partial charge on any atom is -0.494 e. The number of carbonyl (C=O) groups is 2. The molecule has 0 saturated heterocycles. The lowest BCUT2D eigenvalue weighted by Crippen LogP contribution is -2.21. The number of esters is 1. The van der Waals surface area contributed by atoms with Crippen LogP contribution in [-0.2, 0) is 9.53 Å². The average Bonchev–Trinajstić information content (AvgIpc) is 2.67. The van der Waals surface area contributed by atoms with Crippen molar-refractivity contribution in [1.29, 1.82) is 0 Å². The number of anilines is 1. The number of methoxy groups -OCH3 is 1. The fourth-order valence-corrected chi connectivity index (χ4v) is 2.20. The Balaban J connectivity index is 1.91. The van der Waals surface area contributed by atoms with E-state index < -0.39 is 25.1 Å². The Labute approximate surface area is 160 Å². The lowest BCUT2D eigenvalue weighted by molar-refractivity contribution is -0.119. The lowest BCUT2D eigenvalue weighted by atomic mass is 10.2. The van der Waals surface area contributed by atoms with Crippen LogP contribution in [0.3, 0.4) is 0 Å². The Morgan fingerprint density at radius 3 is 2.39 bits per heavy atom. The van der Waals surface area contributed by atoms with Crippen LogP contribution in [0.15, 0.2) is 42.5 Å². The fraction of sp³-hybridized carbons (Fsp3) is 0.263. The second-order valence-electron chi connectivity index (χ2n) is 5.33. The molecule has 0 aliphatic heterocycles. The molecule has 9 heteroatoms. The first-order valence-corrected chi connectivity index (χ1v) is 8.25. The standard InChI is InChI=1S/C19H19F2NO6/c1-3-26-14-7-5-13(6-8-14)22-17(23)11-27-18(24)12-4-9-15(28-19(20)21)16(10-12)25-2/h4-10,19H,3,11H2,1-2H3,(H,22,23). The number of benzene rings is 2. The van der Waals surface area contributed by atoms with Crippen LogP contribution in [0.2, 0.25) is 0 Å². The molecule has 7 nitrogen and oxygen atoms in total. The summed E-state index contributed by atoms with van der Waals surface area (Å²) >= 11 is 0. The van der Waals surface area contributed by atoms with Crippen LogP contribution < -0.4 is 19.5 Å². The quantitative estimate of drug-likeness (QED) is 0.655. The smallest absolute Gasteiger partial charge is 0.387 e. The number of halogens is 2. The molecule has 0 bridgehead atoms. The predicted molar refractivity (Wildman–Crippen MR) is 96.1 cm³/mol. The van der Waals surface area contributed by atoms with Gasteiger partial charge in [-0.2, -0.15) is 8.78 Å². The molecule has 0 radical (unpaired) electrons.